The molecular weight excluding hydrogens is 214 g/mol. The summed E-state index contributed by atoms with van der Waals surface area (Å²) in [6.45, 7) is 0. The second-order valence-electron chi connectivity index (χ2n) is 3.79. The van der Waals surface area contributed by atoms with Crippen molar-refractivity contribution >= 4 is 23.5 Å². The van der Waals surface area contributed by atoms with Crippen molar-refractivity contribution in [3.8, 4) is 11.3 Å². The predicted octanol–water partition coefficient (Wildman–Crippen LogP) is 4.12. The van der Waals surface area contributed by atoms with Crippen LogP contribution in [0.5, 0.6) is 0 Å². The topological polar surface area (TPSA) is 15.8 Å². The SMILES string of the molecule is Sc1ccccc1-c1cc2ccccc2[nH]1. The summed E-state index contributed by atoms with van der Waals surface area (Å²) < 4.78 is 0. The first-order valence-electron chi connectivity index (χ1n) is 5.21. The average molecular weight is 225 g/mol. The standard InChI is InChI=1S/C14H11NS/c16-14-8-4-2-6-11(14)13-9-10-5-1-3-7-12(10)15-13/h1-9,15-16H. The van der Waals surface area contributed by atoms with Crippen LogP contribution in [0, 0.1) is 0 Å². The van der Waals surface area contributed by atoms with Gasteiger partial charge in [0.15, 0.2) is 0 Å². The molecule has 0 aliphatic rings. The second kappa shape index (κ2) is 3.72. The van der Waals surface area contributed by atoms with Crippen LogP contribution in [-0.2, 0) is 0 Å². The molecule has 1 nitrogen and oxygen atoms in total. The first-order chi connectivity index (χ1) is 7.84. The third kappa shape index (κ3) is 1.51. The fourth-order valence-electron chi connectivity index (χ4n) is 1.92. The number of nitrogens with one attached hydrogen (secondary N) is 1. The first kappa shape index (κ1) is 9.55. The minimum atomic E-state index is 0.994. The first-order valence-corrected chi connectivity index (χ1v) is 5.65. The van der Waals surface area contributed by atoms with Gasteiger partial charge in [-0.3, -0.25) is 0 Å². The second-order valence-corrected chi connectivity index (χ2v) is 4.27. The Hall–Kier alpha value is -1.67. The van der Waals surface area contributed by atoms with E-state index in [1.807, 2.05) is 30.3 Å². The van der Waals surface area contributed by atoms with E-state index in [0.717, 1.165) is 21.7 Å². The van der Waals surface area contributed by atoms with Crippen molar-refractivity contribution in [2.45, 2.75) is 4.90 Å². The van der Waals surface area contributed by atoms with Gasteiger partial charge in [-0.15, -0.1) is 12.6 Å². The minimum Gasteiger partial charge on any atom is -0.354 e. The Kier molecular flexibility index (Phi) is 2.22. The molecule has 0 saturated carbocycles. The van der Waals surface area contributed by atoms with Gasteiger partial charge >= 0.3 is 0 Å². The quantitative estimate of drug-likeness (QED) is 0.579. The molecule has 2 heteroatoms. The van der Waals surface area contributed by atoms with Crippen LogP contribution in [0.15, 0.2) is 59.5 Å². The number of benzene rings is 2. The molecule has 0 aliphatic heterocycles. The maximum absolute atomic E-state index is 4.47. The van der Waals surface area contributed by atoms with E-state index in [2.05, 4.69) is 41.9 Å². The largest absolute Gasteiger partial charge is 0.354 e. The molecule has 0 saturated heterocycles. The summed E-state index contributed by atoms with van der Waals surface area (Å²) in [7, 11) is 0. The van der Waals surface area contributed by atoms with Crippen LogP contribution in [0.1, 0.15) is 0 Å². The monoisotopic (exact) mass is 225 g/mol. The molecule has 1 heterocycles. The van der Waals surface area contributed by atoms with Crippen LogP contribution in [-0.4, -0.2) is 4.98 Å². The van der Waals surface area contributed by atoms with Crippen LogP contribution < -0.4 is 0 Å². The fraction of sp³-hybridized carbons (Fsp3) is 0. The van der Waals surface area contributed by atoms with Crippen molar-refractivity contribution in [3.63, 3.8) is 0 Å². The number of fused-ring (bicyclic) bond motifs is 1. The fourth-order valence-corrected chi connectivity index (χ4v) is 2.20. The summed E-state index contributed by atoms with van der Waals surface area (Å²) >= 11 is 4.47. The van der Waals surface area contributed by atoms with Gasteiger partial charge < -0.3 is 4.98 Å². The van der Waals surface area contributed by atoms with E-state index in [1.165, 1.54) is 5.39 Å². The maximum Gasteiger partial charge on any atom is 0.0476 e. The van der Waals surface area contributed by atoms with Crippen LogP contribution in [0.4, 0.5) is 0 Å². The van der Waals surface area contributed by atoms with Crippen LogP contribution >= 0.6 is 12.6 Å². The zero-order chi connectivity index (χ0) is 11.0. The van der Waals surface area contributed by atoms with Gasteiger partial charge in [0.1, 0.15) is 0 Å². The summed E-state index contributed by atoms with van der Waals surface area (Å²) in [5, 5.41) is 1.23. The van der Waals surface area contributed by atoms with Gasteiger partial charge in [-0.05, 0) is 18.2 Å². The van der Waals surface area contributed by atoms with Gasteiger partial charge in [-0.25, -0.2) is 0 Å². The molecule has 1 N–H and O–H groups in total. The lowest BCUT2D eigenvalue weighted by Gasteiger charge is -2.00. The van der Waals surface area contributed by atoms with Crippen molar-refractivity contribution < 1.29 is 0 Å². The predicted molar refractivity (Wildman–Crippen MR) is 71.0 cm³/mol. The van der Waals surface area contributed by atoms with E-state index in [1.54, 1.807) is 0 Å². The lowest BCUT2D eigenvalue weighted by molar-refractivity contribution is 1.38. The zero-order valence-electron chi connectivity index (χ0n) is 8.64. The molecule has 0 aliphatic carbocycles. The molecule has 0 unspecified atom stereocenters. The number of thiol groups is 1. The van der Waals surface area contributed by atoms with E-state index < -0.39 is 0 Å². The summed E-state index contributed by atoms with van der Waals surface area (Å²) in [5.74, 6) is 0. The van der Waals surface area contributed by atoms with Gasteiger partial charge in [0, 0.05) is 27.1 Å². The molecule has 16 heavy (non-hydrogen) atoms. The normalized spacial score (nSPS) is 10.8. The number of hydrogen-bond donors (Lipinski definition) is 2. The highest BCUT2D eigenvalue weighted by Crippen LogP contribution is 2.28. The summed E-state index contributed by atoms with van der Waals surface area (Å²) in [5.41, 5.74) is 3.42. The highest BCUT2D eigenvalue weighted by Gasteiger charge is 2.04. The Morgan fingerprint density at radius 1 is 0.875 bits per heavy atom. The van der Waals surface area contributed by atoms with Gasteiger partial charge in [-0.1, -0.05) is 36.4 Å². The third-order valence-corrected chi connectivity index (χ3v) is 3.11. The van der Waals surface area contributed by atoms with E-state index in [-0.39, 0.29) is 0 Å². The molecule has 0 spiro atoms. The molecule has 1 aromatic heterocycles. The molecule has 0 fully saturated rings. The smallest absolute Gasteiger partial charge is 0.0476 e. The van der Waals surface area contributed by atoms with Gasteiger partial charge in [0.25, 0.3) is 0 Å². The van der Waals surface area contributed by atoms with Gasteiger partial charge in [-0.2, -0.15) is 0 Å². The Morgan fingerprint density at radius 3 is 2.44 bits per heavy atom. The Bertz CT molecular complexity index is 607. The van der Waals surface area contributed by atoms with Crippen molar-refractivity contribution in [3.05, 3.63) is 54.6 Å². The molecule has 3 rings (SSSR count). The summed E-state index contributed by atoms with van der Waals surface area (Å²) in [4.78, 5) is 4.40. The number of rotatable bonds is 1. The van der Waals surface area contributed by atoms with Crippen LogP contribution in [0.3, 0.4) is 0 Å². The highest BCUT2D eigenvalue weighted by molar-refractivity contribution is 7.80. The number of hydrogen-bond acceptors (Lipinski definition) is 1. The summed E-state index contributed by atoms with van der Waals surface area (Å²) in [6, 6.07) is 18.5. The number of aromatic amines is 1. The lowest BCUT2D eigenvalue weighted by atomic mass is 10.1. The summed E-state index contributed by atoms with van der Waals surface area (Å²) in [6.07, 6.45) is 0. The minimum absolute atomic E-state index is 0.994. The van der Waals surface area contributed by atoms with Crippen LogP contribution in [0.2, 0.25) is 0 Å². The van der Waals surface area contributed by atoms with E-state index in [4.69, 9.17) is 0 Å². The van der Waals surface area contributed by atoms with Gasteiger partial charge in [0.2, 0.25) is 0 Å². The Morgan fingerprint density at radius 2 is 1.62 bits per heavy atom. The molecule has 3 aromatic rings. The van der Waals surface area contributed by atoms with Gasteiger partial charge in [0.05, 0.1) is 0 Å². The molecule has 78 valence electrons. The Balaban J connectivity index is 2.23. The molecule has 0 amide bonds. The number of para-hydroxylation sites is 1. The van der Waals surface area contributed by atoms with E-state index in [0.29, 0.717) is 0 Å². The molecular formula is C14H11NS. The lowest BCUT2D eigenvalue weighted by Crippen LogP contribution is -1.78. The third-order valence-electron chi connectivity index (χ3n) is 2.72. The van der Waals surface area contributed by atoms with E-state index >= 15 is 0 Å². The maximum atomic E-state index is 4.47. The van der Waals surface area contributed by atoms with Crippen LogP contribution in [0.25, 0.3) is 22.2 Å². The zero-order valence-corrected chi connectivity index (χ0v) is 9.54. The average Bonchev–Trinajstić information content (AvgIpc) is 2.73. The molecule has 2 aromatic carbocycles. The molecule has 0 radical (unpaired) electrons. The van der Waals surface area contributed by atoms with Crippen molar-refractivity contribution in [1.29, 1.82) is 0 Å². The van der Waals surface area contributed by atoms with Crippen molar-refractivity contribution in [1.82, 2.24) is 4.98 Å². The number of H-pyrrole nitrogens is 1. The van der Waals surface area contributed by atoms with E-state index in [9.17, 15) is 0 Å². The molecule has 0 atom stereocenters. The Labute approximate surface area is 99.5 Å². The number of aromatic nitrogens is 1. The molecule has 0 bridgehead atoms. The van der Waals surface area contributed by atoms with Crippen molar-refractivity contribution in [2.75, 3.05) is 0 Å². The van der Waals surface area contributed by atoms with Crippen molar-refractivity contribution in [2.24, 2.45) is 0 Å². The highest BCUT2D eigenvalue weighted by atomic mass is 32.1.